The van der Waals surface area contributed by atoms with E-state index in [4.69, 9.17) is 0 Å². The quantitative estimate of drug-likeness (QED) is 0.494. The molecule has 0 saturated heterocycles. The highest BCUT2D eigenvalue weighted by Crippen LogP contribution is 2.35. The topological polar surface area (TPSA) is 0 Å². The van der Waals surface area contributed by atoms with E-state index < -0.39 is 0 Å². The van der Waals surface area contributed by atoms with Crippen molar-refractivity contribution in [3.63, 3.8) is 0 Å². The molecule has 0 aliphatic heterocycles. The number of hydrogen-bond donors (Lipinski definition) is 0. The van der Waals surface area contributed by atoms with E-state index in [2.05, 4.69) is 25.2 Å². The van der Waals surface area contributed by atoms with Gasteiger partial charge in [-0.25, -0.2) is 0 Å². The summed E-state index contributed by atoms with van der Waals surface area (Å²) < 4.78 is 0. The number of hydrogen-bond acceptors (Lipinski definition) is 0. The Labute approximate surface area is 69.0 Å². The Kier molecular flexibility index (Phi) is 1.85. The molecule has 11 heavy (non-hydrogen) atoms. The van der Waals surface area contributed by atoms with Gasteiger partial charge in [0.05, 0.1) is 0 Å². The van der Waals surface area contributed by atoms with E-state index in [0.717, 1.165) is 11.8 Å². The van der Waals surface area contributed by atoms with Crippen molar-refractivity contribution in [3.05, 3.63) is 23.8 Å². The molecule has 0 N–H and O–H groups in total. The van der Waals surface area contributed by atoms with Crippen molar-refractivity contribution >= 4 is 0 Å². The first-order valence-corrected chi connectivity index (χ1v) is 4.73. The molecule has 2 atom stereocenters. The van der Waals surface area contributed by atoms with Crippen LogP contribution in [0.15, 0.2) is 23.8 Å². The monoisotopic (exact) mass is 148 g/mol. The van der Waals surface area contributed by atoms with E-state index in [1.807, 2.05) is 0 Å². The van der Waals surface area contributed by atoms with Crippen molar-refractivity contribution in [1.82, 2.24) is 0 Å². The lowest BCUT2D eigenvalue weighted by atomic mass is 9.76. The Hall–Kier alpha value is -0.520. The fourth-order valence-electron chi connectivity index (χ4n) is 2.30. The highest BCUT2D eigenvalue weighted by molar-refractivity contribution is 5.23. The van der Waals surface area contributed by atoms with Gasteiger partial charge in [0.25, 0.3) is 0 Å². The molecule has 0 aromatic carbocycles. The van der Waals surface area contributed by atoms with E-state index in [1.54, 1.807) is 0 Å². The highest BCUT2D eigenvalue weighted by Gasteiger charge is 2.22. The summed E-state index contributed by atoms with van der Waals surface area (Å²) in [6.07, 6.45) is 12.9. The maximum atomic E-state index is 2.46. The second kappa shape index (κ2) is 2.84. The minimum atomic E-state index is 0.882. The largest absolute Gasteiger partial charge is 0.0806 e. The molecule has 0 spiro atoms. The lowest BCUT2D eigenvalue weighted by molar-refractivity contribution is 0.333. The second-order valence-corrected chi connectivity index (χ2v) is 3.88. The van der Waals surface area contributed by atoms with E-state index >= 15 is 0 Å². The maximum Gasteiger partial charge on any atom is -0.0165 e. The zero-order chi connectivity index (χ0) is 7.68. The van der Waals surface area contributed by atoms with Gasteiger partial charge >= 0.3 is 0 Å². The molecule has 60 valence electrons. The van der Waals surface area contributed by atoms with Crippen LogP contribution in [0.2, 0.25) is 0 Å². The van der Waals surface area contributed by atoms with Gasteiger partial charge in [0, 0.05) is 0 Å². The zero-order valence-corrected chi connectivity index (χ0v) is 7.22. The Morgan fingerprint density at radius 2 is 1.91 bits per heavy atom. The van der Waals surface area contributed by atoms with Crippen LogP contribution in [0, 0.1) is 11.8 Å². The predicted molar refractivity (Wildman–Crippen MR) is 48.3 cm³/mol. The third kappa shape index (κ3) is 1.40. The minimum Gasteiger partial charge on any atom is -0.0806 e. The van der Waals surface area contributed by atoms with Crippen LogP contribution in [-0.4, -0.2) is 0 Å². The molecule has 2 aliphatic rings. The molecule has 0 nitrogen and oxygen atoms in total. The summed E-state index contributed by atoms with van der Waals surface area (Å²) in [7, 11) is 0. The zero-order valence-electron chi connectivity index (χ0n) is 7.22. The standard InChI is InChI=1S/C11H16/c1-9-6-7-10-4-2-3-5-11(10)8-9/h6-8,10-11H,2-5H2,1H3/t10-,11-/m1/s1. The Bertz CT molecular complexity index is 198. The molecule has 1 saturated carbocycles. The van der Waals surface area contributed by atoms with Crippen molar-refractivity contribution in [2.45, 2.75) is 32.6 Å². The summed E-state index contributed by atoms with van der Waals surface area (Å²) in [5.41, 5.74) is 1.47. The van der Waals surface area contributed by atoms with Crippen LogP contribution in [0.5, 0.6) is 0 Å². The second-order valence-electron chi connectivity index (χ2n) is 3.88. The number of allylic oxidation sites excluding steroid dienone is 4. The van der Waals surface area contributed by atoms with Gasteiger partial charge in [-0.05, 0) is 31.6 Å². The summed E-state index contributed by atoms with van der Waals surface area (Å²) in [4.78, 5) is 0. The summed E-state index contributed by atoms with van der Waals surface area (Å²) in [5.74, 6) is 1.76. The van der Waals surface area contributed by atoms with E-state index in [-0.39, 0.29) is 0 Å². The van der Waals surface area contributed by atoms with Crippen molar-refractivity contribution in [3.8, 4) is 0 Å². The van der Waals surface area contributed by atoms with E-state index in [9.17, 15) is 0 Å². The first-order chi connectivity index (χ1) is 5.36. The van der Waals surface area contributed by atoms with Gasteiger partial charge < -0.3 is 0 Å². The fraction of sp³-hybridized carbons (Fsp3) is 0.636. The van der Waals surface area contributed by atoms with Gasteiger partial charge in [-0.1, -0.05) is 36.6 Å². The lowest BCUT2D eigenvalue weighted by Crippen LogP contribution is -2.17. The molecule has 2 aliphatic carbocycles. The normalized spacial score (nSPS) is 36.3. The van der Waals surface area contributed by atoms with Crippen LogP contribution >= 0.6 is 0 Å². The minimum absolute atomic E-state index is 0.882. The van der Waals surface area contributed by atoms with Crippen molar-refractivity contribution in [2.24, 2.45) is 11.8 Å². The summed E-state index contributed by atoms with van der Waals surface area (Å²) in [5, 5.41) is 0. The van der Waals surface area contributed by atoms with Crippen LogP contribution in [0.3, 0.4) is 0 Å². The molecule has 0 heteroatoms. The van der Waals surface area contributed by atoms with E-state index in [1.165, 1.54) is 31.3 Å². The Balaban J connectivity index is 2.13. The Morgan fingerprint density at radius 1 is 1.18 bits per heavy atom. The third-order valence-corrected chi connectivity index (χ3v) is 2.96. The molecule has 0 heterocycles. The molecule has 0 unspecified atom stereocenters. The van der Waals surface area contributed by atoms with Crippen LogP contribution in [0.4, 0.5) is 0 Å². The smallest absolute Gasteiger partial charge is 0.0165 e. The molecule has 2 rings (SSSR count). The highest BCUT2D eigenvalue weighted by atomic mass is 14.3. The van der Waals surface area contributed by atoms with E-state index in [0.29, 0.717) is 0 Å². The number of fused-ring (bicyclic) bond motifs is 1. The average molecular weight is 148 g/mol. The van der Waals surface area contributed by atoms with Gasteiger partial charge in [0.2, 0.25) is 0 Å². The maximum absolute atomic E-state index is 2.46. The van der Waals surface area contributed by atoms with Crippen molar-refractivity contribution < 1.29 is 0 Å². The van der Waals surface area contributed by atoms with Gasteiger partial charge in [0.15, 0.2) is 0 Å². The Morgan fingerprint density at radius 3 is 2.73 bits per heavy atom. The molecule has 0 bridgehead atoms. The first kappa shape index (κ1) is 7.15. The average Bonchev–Trinajstić information content (AvgIpc) is 2.04. The van der Waals surface area contributed by atoms with Crippen molar-refractivity contribution in [2.75, 3.05) is 0 Å². The molecular formula is C11H16. The van der Waals surface area contributed by atoms with Gasteiger partial charge in [-0.15, -0.1) is 0 Å². The summed E-state index contributed by atoms with van der Waals surface area (Å²) in [6, 6.07) is 0. The molecule has 1 fully saturated rings. The van der Waals surface area contributed by atoms with Crippen LogP contribution in [0.1, 0.15) is 32.6 Å². The molecule has 0 amide bonds. The predicted octanol–water partition coefficient (Wildman–Crippen LogP) is 3.31. The lowest BCUT2D eigenvalue weighted by Gasteiger charge is -2.29. The van der Waals surface area contributed by atoms with Gasteiger partial charge in [-0.2, -0.15) is 0 Å². The summed E-state index contributed by atoms with van der Waals surface area (Å²) >= 11 is 0. The van der Waals surface area contributed by atoms with Crippen LogP contribution < -0.4 is 0 Å². The fourth-order valence-corrected chi connectivity index (χ4v) is 2.30. The molecule has 0 aromatic rings. The SMILES string of the molecule is CC1=C[C@H]2CCCC[C@@H]2C=C1. The van der Waals surface area contributed by atoms with Crippen LogP contribution in [-0.2, 0) is 0 Å². The molecule has 0 radical (unpaired) electrons. The first-order valence-electron chi connectivity index (χ1n) is 4.73. The molecule has 0 aromatic heterocycles. The van der Waals surface area contributed by atoms with Gasteiger partial charge in [0.1, 0.15) is 0 Å². The number of rotatable bonds is 0. The molecular weight excluding hydrogens is 132 g/mol. The van der Waals surface area contributed by atoms with Crippen molar-refractivity contribution in [1.29, 1.82) is 0 Å². The summed E-state index contributed by atoms with van der Waals surface area (Å²) in [6.45, 7) is 2.21. The van der Waals surface area contributed by atoms with Crippen LogP contribution in [0.25, 0.3) is 0 Å². The van der Waals surface area contributed by atoms with Gasteiger partial charge in [-0.3, -0.25) is 0 Å². The third-order valence-electron chi connectivity index (χ3n) is 2.96.